The van der Waals surface area contributed by atoms with Gasteiger partial charge in [0, 0.05) is 11.6 Å². The van der Waals surface area contributed by atoms with Gasteiger partial charge in [0.15, 0.2) is 11.5 Å². The van der Waals surface area contributed by atoms with Gasteiger partial charge >= 0.3 is 0 Å². The molecule has 3 aromatic carbocycles. The highest BCUT2D eigenvalue weighted by Gasteiger charge is 2.20. The van der Waals surface area contributed by atoms with E-state index in [0.29, 0.717) is 5.56 Å². The van der Waals surface area contributed by atoms with E-state index < -0.39 is 22.3 Å². The number of rotatable bonds is 5. The molecule has 3 N–H and O–H groups in total. The third-order valence-electron chi connectivity index (χ3n) is 4.09. The zero-order valence-electron chi connectivity index (χ0n) is 14.7. The van der Waals surface area contributed by atoms with Crippen molar-refractivity contribution >= 4 is 17.3 Å². The fourth-order valence-electron chi connectivity index (χ4n) is 2.67. The van der Waals surface area contributed by atoms with Crippen LogP contribution in [0, 0.1) is 10.1 Å². The van der Waals surface area contributed by atoms with Crippen molar-refractivity contribution < 1.29 is 24.7 Å². The van der Waals surface area contributed by atoms with Crippen LogP contribution in [-0.2, 0) is 0 Å². The maximum absolute atomic E-state index is 12.5. The molecule has 0 aliphatic carbocycles. The first-order valence-electron chi connectivity index (χ1n) is 8.16. The molecule has 0 atom stereocenters. The van der Waals surface area contributed by atoms with Crippen molar-refractivity contribution in [2.24, 2.45) is 0 Å². The molecule has 0 aromatic heterocycles. The van der Waals surface area contributed by atoms with Crippen LogP contribution in [0.3, 0.4) is 0 Å². The summed E-state index contributed by atoms with van der Waals surface area (Å²) in [6.45, 7) is 0. The smallest absolute Gasteiger partial charge is 0.293 e. The molecule has 0 unspecified atom stereocenters. The number of nitro benzene ring substituents is 1. The Balaban J connectivity index is 1.95. The minimum Gasteiger partial charge on any atom is -0.504 e. The maximum atomic E-state index is 12.5. The molecule has 142 valence electrons. The molecule has 0 aliphatic heterocycles. The van der Waals surface area contributed by atoms with Crippen LogP contribution >= 0.6 is 0 Å². The van der Waals surface area contributed by atoms with Crippen molar-refractivity contribution in [2.75, 3.05) is 12.4 Å². The van der Waals surface area contributed by atoms with Gasteiger partial charge in [0.05, 0.1) is 12.0 Å². The Bertz CT molecular complexity index is 1050. The average Bonchev–Trinajstić information content (AvgIpc) is 2.70. The SMILES string of the molecule is COc1cc(C(=O)Nc2ccc(-c3ccccc3)cc2[N+](=O)[O-])cc(O)c1O. The van der Waals surface area contributed by atoms with Crippen molar-refractivity contribution in [3.8, 4) is 28.4 Å². The summed E-state index contributed by atoms with van der Waals surface area (Å²) in [7, 11) is 1.27. The van der Waals surface area contributed by atoms with Gasteiger partial charge in [0.1, 0.15) is 5.69 Å². The minimum atomic E-state index is -0.704. The molecule has 0 fully saturated rings. The van der Waals surface area contributed by atoms with Gasteiger partial charge in [-0.1, -0.05) is 36.4 Å². The number of methoxy groups -OCH3 is 1. The number of nitrogens with zero attached hydrogens (tertiary/aromatic N) is 1. The van der Waals surface area contributed by atoms with Crippen LogP contribution in [0.15, 0.2) is 60.7 Å². The monoisotopic (exact) mass is 380 g/mol. The second-order valence-electron chi connectivity index (χ2n) is 5.86. The number of aromatic hydroxyl groups is 2. The number of ether oxygens (including phenoxy) is 1. The van der Waals surface area contributed by atoms with Crippen molar-refractivity contribution in [1.82, 2.24) is 0 Å². The Morgan fingerprint density at radius 2 is 1.75 bits per heavy atom. The van der Waals surface area contributed by atoms with E-state index in [4.69, 9.17) is 4.74 Å². The number of hydrogen-bond donors (Lipinski definition) is 3. The van der Waals surface area contributed by atoms with Gasteiger partial charge in [-0.2, -0.15) is 0 Å². The lowest BCUT2D eigenvalue weighted by molar-refractivity contribution is -0.383. The molecule has 0 heterocycles. The quantitative estimate of drug-likeness (QED) is 0.350. The number of phenols is 2. The number of benzene rings is 3. The average molecular weight is 380 g/mol. The number of amides is 1. The molecular weight excluding hydrogens is 364 g/mol. The van der Waals surface area contributed by atoms with Crippen molar-refractivity contribution in [2.45, 2.75) is 0 Å². The summed E-state index contributed by atoms with van der Waals surface area (Å²) in [5.74, 6) is -1.85. The third-order valence-corrected chi connectivity index (χ3v) is 4.09. The minimum absolute atomic E-state index is 0.00112. The largest absolute Gasteiger partial charge is 0.504 e. The Morgan fingerprint density at radius 3 is 2.39 bits per heavy atom. The number of nitrogens with one attached hydrogen (secondary N) is 1. The molecule has 8 heteroatoms. The summed E-state index contributed by atoms with van der Waals surface area (Å²) in [4.78, 5) is 23.4. The topological polar surface area (TPSA) is 122 Å². The van der Waals surface area contributed by atoms with Gasteiger partial charge in [-0.05, 0) is 29.3 Å². The van der Waals surface area contributed by atoms with Crippen LogP contribution in [0.1, 0.15) is 10.4 Å². The lowest BCUT2D eigenvalue weighted by Crippen LogP contribution is -2.13. The third kappa shape index (κ3) is 3.70. The Kier molecular flexibility index (Phi) is 5.12. The zero-order valence-corrected chi connectivity index (χ0v) is 14.7. The number of phenolic OH excluding ortho intramolecular Hbond substituents is 2. The highest BCUT2D eigenvalue weighted by atomic mass is 16.6. The van der Waals surface area contributed by atoms with E-state index >= 15 is 0 Å². The lowest BCUT2D eigenvalue weighted by Gasteiger charge is -2.10. The predicted molar refractivity (Wildman–Crippen MR) is 103 cm³/mol. The second-order valence-corrected chi connectivity index (χ2v) is 5.86. The summed E-state index contributed by atoms with van der Waals surface area (Å²) >= 11 is 0. The van der Waals surface area contributed by atoms with Crippen LogP contribution in [0.25, 0.3) is 11.1 Å². The predicted octanol–water partition coefficient (Wildman–Crippen LogP) is 3.93. The normalized spacial score (nSPS) is 10.3. The molecule has 28 heavy (non-hydrogen) atoms. The molecule has 0 aliphatic rings. The van der Waals surface area contributed by atoms with E-state index in [1.54, 1.807) is 6.07 Å². The number of hydrogen-bond acceptors (Lipinski definition) is 6. The molecule has 0 spiro atoms. The van der Waals surface area contributed by atoms with Gasteiger partial charge in [-0.25, -0.2) is 0 Å². The highest BCUT2D eigenvalue weighted by molar-refractivity contribution is 6.06. The first kappa shape index (κ1) is 18.7. The summed E-state index contributed by atoms with van der Waals surface area (Å²) in [6.07, 6.45) is 0. The fraction of sp³-hybridized carbons (Fsp3) is 0.0500. The first-order chi connectivity index (χ1) is 13.4. The standard InChI is InChI=1S/C20H16N2O6/c1-28-18-11-14(10-17(23)19(18)24)20(25)21-15-8-7-13(9-16(15)22(26)27)12-5-3-2-4-6-12/h2-11,23-24H,1H3,(H,21,25). The van der Waals surface area contributed by atoms with Crippen molar-refractivity contribution in [3.05, 3.63) is 76.3 Å². The van der Waals surface area contributed by atoms with Crippen LogP contribution in [0.4, 0.5) is 11.4 Å². The van der Waals surface area contributed by atoms with Gasteiger partial charge in [0.25, 0.3) is 11.6 Å². The molecular formula is C20H16N2O6. The van der Waals surface area contributed by atoms with E-state index in [1.807, 2.05) is 30.3 Å². The summed E-state index contributed by atoms with van der Waals surface area (Å²) in [6, 6.07) is 15.9. The number of carbonyl (C=O) groups excluding carboxylic acids is 1. The van der Waals surface area contributed by atoms with Crippen LogP contribution in [0.5, 0.6) is 17.2 Å². The molecule has 0 saturated heterocycles. The highest BCUT2D eigenvalue weighted by Crippen LogP contribution is 2.37. The van der Waals surface area contributed by atoms with E-state index in [0.717, 1.165) is 11.6 Å². The Morgan fingerprint density at radius 1 is 1.04 bits per heavy atom. The molecule has 0 saturated carbocycles. The Hall–Kier alpha value is -4.07. The van der Waals surface area contributed by atoms with E-state index in [1.165, 1.54) is 25.3 Å². The zero-order chi connectivity index (χ0) is 20.3. The van der Waals surface area contributed by atoms with E-state index in [-0.39, 0.29) is 22.7 Å². The number of nitro groups is 1. The molecule has 0 bridgehead atoms. The van der Waals surface area contributed by atoms with Gasteiger partial charge in [-0.15, -0.1) is 0 Å². The number of anilines is 1. The maximum Gasteiger partial charge on any atom is 0.293 e. The van der Waals surface area contributed by atoms with Crippen LogP contribution in [-0.4, -0.2) is 28.2 Å². The molecule has 0 radical (unpaired) electrons. The van der Waals surface area contributed by atoms with Crippen LogP contribution < -0.4 is 10.1 Å². The van der Waals surface area contributed by atoms with Gasteiger partial charge in [-0.3, -0.25) is 14.9 Å². The summed E-state index contributed by atoms with van der Waals surface area (Å²) < 4.78 is 4.90. The van der Waals surface area contributed by atoms with E-state index in [9.17, 15) is 25.1 Å². The number of carbonyl (C=O) groups is 1. The molecule has 8 nitrogen and oxygen atoms in total. The van der Waals surface area contributed by atoms with Crippen molar-refractivity contribution in [1.29, 1.82) is 0 Å². The van der Waals surface area contributed by atoms with Crippen molar-refractivity contribution in [3.63, 3.8) is 0 Å². The van der Waals surface area contributed by atoms with Gasteiger partial charge < -0.3 is 20.3 Å². The molecule has 3 rings (SSSR count). The first-order valence-corrected chi connectivity index (χ1v) is 8.16. The Labute approximate surface area is 159 Å². The lowest BCUT2D eigenvalue weighted by atomic mass is 10.0. The van der Waals surface area contributed by atoms with E-state index in [2.05, 4.69) is 5.32 Å². The summed E-state index contributed by atoms with van der Waals surface area (Å²) in [5, 5.41) is 33.3. The molecule has 3 aromatic rings. The second kappa shape index (κ2) is 7.67. The molecule has 1 amide bonds. The van der Waals surface area contributed by atoms with Gasteiger partial charge in [0.2, 0.25) is 5.75 Å². The fourth-order valence-corrected chi connectivity index (χ4v) is 2.67. The van der Waals surface area contributed by atoms with Crippen LogP contribution in [0.2, 0.25) is 0 Å². The summed E-state index contributed by atoms with van der Waals surface area (Å²) in [5.41, 5.74) is 1.13.